The largest absolute Gasteiger partial charge is 0.393 e. The first-order chi connectivity index (χ1) is 18.4. The molecule has 0 fully saturated rings. The van der Waals surface area contributed by atoms with Gasteiger partial charge < -0.3 is 4.90 Å². The molecule has 0 aliphatic rings. The maximum Gasteiger partial charge on any atom is 0.393 e. The predicted molar refractivity (Wildman–Crippen MR) is 124 cm³/mol. The lowest BCUT2D eigenvalue weighted by Gasteiger charge is -2.42. The maximum absolute atomic E-state index is 14.6. The van der Waals surface area contributed by atoms with Gasteiger partial charge in [-0.15, -0.1) is 0 Å². The van der Waals surface area contributed by atoms with Gasteiger partial charge in [-0.25, -0.2) is 0 Å². The Bertz CT molecular complexity index is 786. The van der Waals surface area contributed by atoms with Crippen molar-refractivity contribution in [1.82, 2.24) is 4.90 Å². The number of amides is 1. The van der Waals surface area contributed by atoms with Gasteiger partial charge in [0.05, 0.1) is 0 Å². The zero-order valence-electron chi connectivity index (χ0n) is 22.4. The third kappa shape index (κ3) is 8.45. The zero-order chi connectivity index (χ0) is 32.6. The van der Waals surface area contributed by atoms with Gasteiger partial charge in [-0.2, -0.15) is 61.5 Å². The second kappa shape index (κ2) is 15.0. The number of nitrogens with zero attached hydrogens (tertiary/aromatic N) is 1. The minimum atomic E-state index is -8.25. The summed E-state index contributed by atoms with van der Waals surface area (Å²) in [6.07, 6.45) is 5.91. The molecule has 0 heterocycles. The number of rotatable bonds is 21. The molecule has 1 amide bonds. The van der Waals surface area contributed by atoms with Crippen LogP contribution < -0.4 is 0 Å². The average molecular weight is 654 g/mol. The van der Waals surface area contributed by atoms with E-state index >= 15 is 0 Å². The summed E-state index contributed by atoms with van der Waals surface area (Å²) in [5, 5.41) is -6.70. The lowest BCUT2D eigenvalue weighted by atomic mass is 9.90. The van der Waals surface area contributed by atoms with Gasteiger partial charge in [0.25, 0.3) is 5.91 Å². The van der Waals surface area contributed by atoms with Gasteiger partial charge in [-0.05, 0) is 24.4 Å². The maximum atomic E-state index is 14.6. The van der Waals surface area contributed by atoms with Crippen LogP contribution in [0.5, 0.6) is 0 Å². The quantitative estimate of drug-likeness (QED) is 0.0686. The minimum absolute atomic E-state index is 0.0125. The second-order valence-corrected chi connectivity index (χ2v) is 10.2. The second-order valence-electron chi connectivity index (χ2n) is 9.77. The molecule has 0 aliphatic carbocycles. The molecule has 0 aromatic rings. The number of unbranched alkanes of at least 4 members (excludes halogenated alkanes) is 10. The average Bonchev–Trinajstić information content (AvgIpc) is 2.85. The van der Waals surface area contributed by atoms with Gasteiger partial charge in [0, 0.05) is 13.1 Å². The van der Waals surface area contributed by atoms with E-state index in [4.69, 9.17) is 0 Å². The number of carbonyl (C=O) groups is 1. The van der Waals surface area contributed by atoms with Crippen molar-refractivity contribution in [3.63, 3.8) is 0 Å². The highest BCUT2D eigenvalue weighted by molar-refractivity contribution is 6.22. The summed E-state index contributed by atoms with van der Waals surface area (Å²) in [5.74, 6) is -49.8. The van der Waals surface area contributed by atoms with E-state index in [-0.39, 0.29) is 30.6 Å². The van der Waals surface area contributed by atoms with Crippen LogP contribution >= 0.6 is 11.6 Å². The van der Waals surface area contributed by atoms with Gasteiger partial charge in [0.2, 0.25) is 0 Å². The first-order valence-electron chi connectivity index (χ1n) is 13.1. The van der Waals surface area contributed by atoms with Crippen molar-refractivity contribution < 1.29 is 66.3 Å². The van der Waals surface area contributed by atoms with Crippen LogP contribution in [0.25, 0.3) is 0 Å². The van der Waals surface area contributed by atoms with Crippen molar-refractivity contribution in [1.29, 1.82) is 0 Å². The highest BCUT2D eigenvalue weighted by Gasteiger charge is 2.93. The molecule has 0 radical (unpaired) electrons. The first-order valence-corrected chi connectivity index (χ1v) is 13.4. The van der Waals surface area contributed by atoms with Crippen LogP contribution in [0.3, 0.4) is 0 Å². The van der Waals surface area contributed by atoms with Crippen LogP contribution in [0.4, 0.5) is 61.5 Å². The summed E-state index contributed by atoms with van der Waals surface area (Å²) in [6, 6.07) is 0. The fourth-order valence-electron chi connectivity index (χ4n) is 3.78. The smallest absolute Gasteiger partial charge is 0.337 e. The van der Waals surface area contributed by atoms with Crippen molar-refractivity contribution in [3.05, 3.63) is 0 Å². The van der Waals surface area contributed by atoms with Gasteiger partial charge in [0.1, 0.15) is 0 Å². The van der Waals surface area contributed by atoms with Gasteiger partial charge in [-0.3, -0.25) is 4.79 Å². The molecule has 0 aliphatic heterocycles. The molecule has 0 saturated carbocycles. The van der Waals surface area contributed by atoms with E-state index in [0.717, 1.165) is 25.7 Å². The molecule has 0 bridgehead atoms. The van der Waals surface area contributed by atoms with Crippen molar-refractivity contribution in [3.8, 4) is 0 Å². The lowest BCUT2D eigenvalue weighted by molar-refractivity contribution is -0.432. The topological polar surface area (TPSA) is 20.3 Å². The molecule has 0 spiro atoms. The summed E-state index contributed by atoms with van der Waals surface area (Å²) in [4.78, 5) is 12.4. The Labute approximate surface area is 234 Å². The molecule has 17 heteroatoms. The summed E-state index contributed by atoms with van der Waals surface area (Å²) < 4.78 is 193. The fourth-order valence-corrected chi connectivity index (χ4v) is 3.90. The van der Waals surface area contributed by atoms with Crippen molar-refractivity contribution >= 4 is 17.5 Å². The van der Waals surface area contributed by atoms with Crippen molar-refractivity contribution in [2.45, 2.75) is 132 Å². The summed E-state index contributed by atoms with van der Waals surface area (Å²) in [6.45, 7) is 2.31. The highest BCUT2D eigenvalue weighted by atomic mass is 35.5. The molecule has 0 aromatic carbocycles. The van der Waals surface area contributed by atoms with Crippen LogP contribution in [0, 0.1) is 0 Å². The highest BCUT2D eigenvalue weighted by Crippen LogP contribution is 2.62. The van der Waals surface area contributed by atoms with E-state index in [1.165, 1.54) is 0 Å². The van der Waals surface area contributed by atoms with Crippen LogP contribution in [-0.2, 0) is 4.79 Å². The Morgan fingerprint density at radius 3 is 1.12 bits per heavy atom. The molecule has 0 unspecified atom stereocenters. The Kier molecular flexibility index (Phi) is 14.5. The van der Waals surface area contributed by atoms with E-state index in [1.54, 1.807) is 0 Å². The standard InChI is InChI=1S/C24H34ClF14NO/c1-3-5-7-9-11-13-15-40(16-14-12-10-8-6-4-2)17(41)18(26,27)19(28,29)20(30,31)21(32,33)22(34,35)23(36,37)24(25,38)39/h3-16H2,1-2H3. The monoisotopic (exact) mass is 653 g/mol. The molecule has 0 atom stereocenters. The van der Waals surface area contributed by atoms with Gasteiger partial charge >= 0.3 is 40.9 Å². The molecule has 0 aromatic heterocycles. The minimum Gasteiger partial charge on any atom is -0.337 e. The third-order valence-electron chi connectivity index (χ3n) is 6.45. The molecule has 0 saturated heterocycles. The fraction of sp³-hybridized carbons (Fsp3) is 0.958. The first kappa shape index (κ1) is 39.8. The van der Waals surface area contributed by atoms with Crippen molar-refractivity contribution in [2.75, 3.05) is 13.1 Å². The van der Waals surface area contributed by atoms with Crippen LogP contribution in [0.1, 0.15) is 90.9 Å². The summed E-state index contributed by atoms with van der Waals surface area (Å²) in [7, 11) is 0. The SMILES string of the molecule is CCCCCCCCN(CCCCCCCC)C(=O)C(F)(F)C(F)(F)C(F)(F)C(F)(F)C(F)(F)C(F)(F)C(F)(F)Cl. The molecule has 2 nitrogen and oxygen atoms in total. The Hall–Kier alpha value is -1.22. The van der Waals surface area contributed by atoms with Crippen LogP contribution in [0.15, 0.2) is 0 Å². The number of carbonyl (C=O) groups excluding carboxylic acids is 1. The Morgan fingerprint density at radius 2 is 0.780 bits per heavy atom. The number of hydrogen-bond acceptors (Lipinski definition) is 1. The van der Waals surface area contributed by atoms with E-state index in [2.05, 4.69) is 11.6 Å². The van der Waals surface area contributed by atoms with Crippen LogP contribution in [-0.4, -0.2) is 64.8 Å². The number of hydrogen-bond donors (Lipinski definition) is 0. The van der Waals surface area contributed by atoms with Gasteiger partial charge in [0.15, 0.2) is 0 Å². The normalized spacial score (nSPS) is 14.5. The predicted octanol–water partition coefficient (Wildman–Crippen LogP) is 10.2. The molecular weight excluding hydrogens is 620 g/mol. The molecule has 0 rings (SSSR count). The van der Waals surface area contributed by atoms with E-state index in [1.807, 2.05) is 13.8 Å². The van der Waals surface area contributed by atoms with Crippen LogP contribution in [0.2, 0.25) is 0 Å². The Balaban J connectivity index is 6.20. The number of halogens is 15. The van der Waals surface area contributed by atoms with Crippen molar-refractivity contribution in [2.24, 2.45) is 0 Å². The molecule has 0 N–H and O–H groups in total. The summed E-state index contributed by atoms with van der Waals surface area (Å²) in [5.41, 5.74) is 0. The van der Waals surface area contributed by atoms with Gasteiger partial charge in [-0.1, -0.05) is 78.1 Å². The Morgan fingerprint density at radius 1 is 0.488 bits per heavy atom. The van der Waals surface area contributed by atoms with E-state index < -0.39 is 59.9 Å². The zero-order valence-corrected chi connectivity index (χ0v) is 23.2. The van der Waals surface area contributed by atoms with E-state index in [9.17, 15) is 66.3 Å². The van der Waals surface area contributed by atoms with E-state index in [0.29, 0.717) is 25.7 Å². The summed E-state index contributed by atoms with van der Waals surface area (Å²) >= 11 is 3.60. The number of alkyl halides is 15. The third-order valence-corrected chi connectivity index (χ3v) is 6.68. The molecular formula is C24H34ClF14NO. The molecule has 41 heavy (non-hydrogen) atoms. The molecule has 246 valence electrons. The lowest BCUT2D eigenvalue weighted by Crippen LogP contribution is -2.74.